The van der Waals surface area contributed by atoms with E-state index in [9.17, 15) is 10.2 Å². The summed E-state index contributed by atoms with van der Waals surface area (Å²) in [5.41, 5.74) is 0.578. The summed E-state index contributed by atoms with van der Waals surface area (Å²) in [7, 11) is 0. The lowest BCUT2D eigenvalue weighted by Crippen LogP contribution is -2.53. The van der Waals surface area contributed by atoms with Gasteiger partial charge in [-0.2, -0.15) is 0 Å². The van der Waals surface area contributed by atoms with Crippen LogP contribution in [-0.4, -0.2) is 21.9 Å². The summed E-state index contributed by atoms with van der Waals surface area (Å²) in [5.74, 6) is 1.59. The Morgan fingerprint density at radius 3 is 2.65 bits per heavy atom. The van der Waals surface area contributed by atoms with Gasteiger partial charge in [-0.3, -0.25) is 0 Å². The molecular formula is C15H26O2. The van der Waals surface area contributed by atoms with Gasteiger partial charge in [0.2, 0.25) is 0 Å². The van der Waals surface area contributed by atoms with E-state index < -0.39 is 5.60 Å². The summed E-state index contributed by atoms with van der Waals surface area (Å²) >= 11 is 0. The third kappa shape index (κ3) is 2.30. The van der Waals surface area contributed by atoms with Crippen LogP contribution in [0.25, 0.3) is 0 Å². The number of allylic oxidation sites excluding steroid dienone is 1. The van der Waals surface area contributed by atoms with E-state index in [0.717, 1.165) is 19.3 Å². The SMILES string of the molecule is CC1=C[C@@H]2[C@@H]([C@@H](O)C1)[C@](C)(O)CC[C@H]2C(C)C. The summed E-state index contributed by atoms with van der Waals surface area (Å²) in [6, 6.07) is 0. The monoisotopic (exact) mass is 238 g/mol. The van der Waals surface area contributed by atoms with Crippen LogP contribution in [0.4, 0.5) is 0 Å². The zero-order valence-electron chi connectivity index (χ0n) is 11.5. The quantitative estimate of drug-likeness (QED) is 0.690. The number of hydrogen-bond donors (Lipinski definition) is 2. The first-order valence-electron chi connectivity index (χ1n) is 6.90. The Bertz CT molecular complexity index is 317. The molecule has 2 heteroatoms. The van der Waals surface area contributed by atoms with E-state index in [-0.39, 0.29) is 12.0 Å². The second kappa shape index (κ2) is 4.40. The Hall–Kier alpha value is -0.340. The molecule has 0 unspecified atom stereocenters. The van der Waals surface area contributed by atoms with Gasteiger partial charge in [-0.15, -0.1) is 0 Å². The standard InChI is InChI=1S/C15H26O2/c1-9(2)11-5-6-15(4,17)14-12(11)7-10(3)8-13(14)16/h7,9,11-14,16-17H,5-6,8H2,1-4H3/t11-,12-,13-,14-,15+/m0/s1. The minimum Gasteiger partial charge on any atom is -0.392 e. The first-order chi connectivity index (χ1) is 7.83. The van der Waals surface area contributed by atoms with E-state index in [1.807, 2.05) is 6.92 Å². The fraction of sp³-hybridized carbons (Fsp3) is 0.867. The first kappa shape index (κ1) is 13.1. The Morgan fingerprint density at radius 2 is 2.06 bits per heavy atom. The van der Waals surface area contributed by atoms with E-state index in [2.05, 4.69) is 26.8 Å². The molecule has 1 fully saturated rings. The highest BCUT2D eigenvalue weighted by Gasteiger charge is 2.49. The Morgan fingerprint density at radius 1 is 1.41 bits per heavy atom. The van der Waals surface area contributed by atoms with Gasteiger partial charge in [0.25, 0.3) is 0 Å². The fourth-order valence-corrected chi connectivity index (χ4v) is 4.03. The number of aliphatic hydroxyl groups is 2. The van der Waals surface area contributed by atoms with Crippen molar-refractivity contribution < 1.29 is 10.2 Å². The molecule has 2 N–H and O–H groups in total. The average Bonchev–Trinajstić information content (AvgIpc) is 2.14. The highest BCUT2D eigenvalue weighted by Crippen LogP contribution is 2.49. The largest absolute Gasteiger partial charge is 0.392 e. The van der Waals surface area contributed by atoms with Crippen LogP contribution in [-0.2, 0) is 0 Å². The second-order valence-electron chi connectivity index (χ2n) is 6.69. The van der Waals surface area contributed by atoms with Crippen molar-refractivity contribution in [2.24, 2.45) is 23.7 Å². The number of hydrogen-bond acceptors (Lipinski definition) is 2. The predicted octanol–water partition coefficient (Wildman–Crippen LogP) is 2.75. The van der Waals surface area contributed by atoms with Gasteiger partial charge < -0.3 is 10.2 Å². The second-order valence-corrected chi connectivity index (χ2v) is 6.69. The van der Waals surface area contributed by atoms with Gasteiger partial charge >= 0.3 is 0 Å². The molecule has 98 valence electrons. The van der Waals surface area contributed by atoms with E-state index in [1.54, 1.807) is 0 Å². The molecule has 0 aliphatic heterocycles. The molecule has 5 atom stereocenters. The molecule has 1 saturated carbocycles. The minimum absolute atomic E-state index is 0.0207. The van der Waals surface area contributed by atoms with Crippen LogP contribution in [0, 0.1) is 23.7 Å². The topological polar surface area (TPSA) is 40.5 Å². The van der Waals surface area contributed by atoms with Gasteiger partial charge in [0, 0.05) is 5.92 Å². The third-order valence-corrected chi connectivity index (χ3v) is 4.89. The predicted molar refractivity (Wildman–Crippen MR) is 69.5 cm³/mol. The van der Waals surface area contributed by atoms with Crippen LogP contribution in [0.3, 0.4) is 0 Å². The molecule has 0 amide bonds. The maximum absolute atomic E-state index is 10.5. The summed E-state index contributed by atoms with van der Waals surface area (Å²) in [6.45, 7) is 8.51. The molecule has 0 aromatic rings. The first-order valence-corrected chi connectivity index (χ1v) is 6.90. The van der Waals surface area contributed by atoms with Crippen molar-refractivity contribution >= 4 is 0 Å². The zero-order chi connectivity index (χ0) is 12.8. The summed E-state index contributed by atoms with van der Waals surface area (Å²) in [5, 5.41) is 20.8. The Kier molecular flexibility index (Phi) is 3.39. The van der Waals surface area contributed by atoms with Crippen LogP contribution >= 0.6 is 0 Å². The molecule has 0 radical (unpaired) electrons. The van der Waals surface area contributed by atoms with E-state index in [0.29, 0.717) is 17.8 Å². The van der Waals surface area contributed by atoms with Crippen LogP contribution in [0.2, 0.25) is 0 Å². The Labute approximate surface area is 105 Å². The van der Waals surface area contributed by atoms with Gasteiger partial charge in [0.05, 0.1) is 11.7 Å². The van der Waals surface area contributed by atoms with E-state index in [4.69, 9.17) is 0 Å². The average molecular weight is 238 g/mol. The third-order valence-electron chi connectivity index (χ3n) is 4.89. The molecule has 17 heavy (non-hydrogen) atoms. The number of aliphatic hydroxyl groups excluding tert-OH is 1. The molecule has 0 spiro atoms. The zero-order valence-corrected chi connectivity index (χ0v) is 11.5. The Balaban J connectivity index is 2.35. The van der Waals surface area contributed by atoms with Crippen LogP contribution < -0.4 is 0 Å². The molecular weight excluding hydrogens is 212 g/mol. The summed E-state index contributed by atoms with van der Waals surface area (Å²) < 4.78 is 0. The van der Waals surface area contributed by atoms with Crippen molar-refractivity contribution in [2.75, 3.05) is 0 Å². The van der Waals surface area contributed by atoms with Gasteiger partial charge in [0.1, 0.15) is 0 Å². The summed E-state index contributed by atoms with van der Waals surface area (Å²) in [6.07, 6.45) is 4.56. The maximum atomic E-state index is 10.5. The van der Waals surface area contributed by atoms with Gasteiger partial charge in [-0.25, -0.2) is 0 Å². The normalized spacial score (nSPS) is 46.6. The van der Waals surface area contributed by atoms with Crippen LogP contribution in [0.5, 0.6) is 0 Å². The molecule has 2 aliphatic carbocycles. The maximum Gasteiger partial charge on any atom is 0.0678 e. The van der Waals surface area contributed by atoms with Crippen molar-refractivity contribution in [1.82, 2.24) is 0 Å². The van der Waals surface area contributed by atoms with E-state index in [1.165, 1.54) is 5.57 Å². The smallest absolute Gasteiger partial charge is 0.0678 e. The van der Waals surface area contributed by atoms with Gasteiger partial charge in [0.15, 0.2) is 0 Å². The van der Waals surface area contributed by atoms with Crippen LogP contribution in [0.15, 0.2) is 11.6 Å². The molecule has 0 saturated heterocycles. The molecule has 0 aromatic heterocycles. The van der Waals surface area contributed by atoms with Gasteiger partial charge in [-0.05, 0) is 50.9 Å². The van der Waals surface area contributed by atoms with Gasteiger partial charge in [-0.1, -0.05) is 25.5 Å². The molecule has 0 heterocycles. The highest BCUT2D eigenvalue weighted by molar-refractivity contribution is 5.16. The molecule has 0 bridgehead atoms. The lowest BCUT2D eigenvalue weighted by Gasteiger charge is -2.51. The fourth-order valence-electron chi connectivity index (χ4n) is 4.03. The molecule has 2 nitrogen and oxygen atoms in total. The number of rotatable bonds is 1. The van der Waals surface area contributed by atoms with Crippen LogP contribution in [0.1, 0.15) is 47.0 Å². The number of fused-ring (bicyclic) bond motifs is 1. The lowest BCUT2D eigenvalue weighted by molar-refractivity contribution is -0.125. The lowest BCUT2D eigenvalue weighted by atomic mass is 9.57. The summed E-state index contributed by atoms with van der Waals surface area (Å²) in [4.78, 5) is 0. The van der Waals surface area contributed by atoms with E-state index >= 15 is 0 Å². The highest BCUT2D eigenvalue weighted by atomic mass is 16.3. The van der Waals surface area contributed by atoms with Crippen molar-refractivity contribution in [3.05, 3.63) is 11.6 Å². The van der Waals surface area contributed by atoms with Crippen molar-refractivity contribution in [1.29, 1.82) is 0 Å². The van der Waals surface area contributed by atoms with Crippen molar-refractivity contribution in [3.8, 4) is 0 Å². The molecule has 2 aliphatic rings. The molecule has 0 aromatic carbocycles. The van der Waals surface area contributed by atoms with Crippen molar-refractivity contribution in [2.45, 2.75) is 58.7 Å². The van der Waals surface area contributed by atoms with Crippen molar-refractivity contribution in [3.63, 3.8) is 0 Å². The molecule has 2 rings (SSSR count). The minimum atomic E-state index is -0.702.